The lowest BCUT2D eigenvalue weighted by Gasteiger charge is -2.37. The Balaban J connectivity index is 2.73. The van der Waals surface area contributed by atoms with E-state index in [1.165, 1.54) is 0 Å². The van der Waals surface area contributed by atoms with Gasteiger partial charge < -0.3 is 15.8 Å². The predicted molar refractivity (Wildman–Crippen MR) is 61.6 cm³/mol. The van der Waals surface area contributed by atoms with Gasteiger partial charge in [-0.25, -0.2) is 0 Å². The van der Waals surface area contributed by atoms with Gasteiger partial charge in [0.25, 0.3) is 0 Å². The van der Waals surface area contributed by atoms with E-state index in [0.717, 1.165) is 0 Å². The molecular weight excluding hydrogens is 214 g/mol. The number of ether oxygens (including phenoxy) is 1. The second kappa shape index (κ2) is 5.39. The first kappa shape index (κ1) is 12.4. The summed E-state index contributed by atoms with van der Waals surface area (Å²) in [6.45, 7) is 3.59. The fraction of sp³-hybridized carbons (Fsp3) is 0.778. The lowest BCUT2D eigenvalue weighted by atomic mass is 10.1. The van der Waals surface area contributed by atoms with E-state index >= 15 is 0 Å². The molecule has 0 aliphatic carbocycles. The summed E-state index contributed by atoms with van der Waals surface area (Å²) >= 11 is 4.94. The van der Waals surface area contributed by atoms with Gasteiger partial charge in [-0.1, -0.05) is 12.2 Å². The number of morpholine rings is 1. The van der Waals surface area contributed by atoms with Crippen LogP contribution in [0.4, 0.5) is 0 Å². The first-order valence-corrected chi connectivity index (χ1v) is 5.33. The van der Waals surface area contributed by atoms with Crippen LogP contribution in [0.25, 0.3) is 0 Å². The van der Waals surface area contributed by atoms with E-state index in [4.69, 9.17) is 22.7 Å². The molecule has 1 amide bonds. The molecule has 1 aliphatic rings. The van der Waals surface area contributed by atoms with E-state index in [9.17, 15) is 4.79 Å². The van der Waals surface area contributed by atoms with E-state index < -0.39 is 0 Å². The van der Waals surface area contributed by atoms with Crippen LogP contribution < -0.4 is 11.1 Å². The van der Waals surface area contributed by atoms with Gasteiger partial charge in [0.05, 0.1) is 24.2 Å². The van der Waals surface area contributed by atoms with Gasteiger partial charge in [-0.15, -0.1) is 0 Å². The molecule has 1 fully saturated rings. The second-order valence-corrected chi connectivity index (χ2v) is 3.99. The molecule has 0 saturated carbocycles. The zero-order valence-corrected chi connectivity index (χ0v) is 9.84. The zero-order valence-electron chi connectivity index (χ0n) is 9.03. The maximum absolute atomic E-state index is 11.6. The number of nitrogens with zero attached hydrogens (tertiary/aromatic N) is 1. The molecule has 2 atom stereocenters. The SMILES string of the molecule is CNC(=O)C1COCCN1C(C)C(N)=S. The Morgan fingerprint density at radius 2 is 2.40 bits per heavy atom. The second-order valence-electron chi connectivity index (χ2n) is 3.52. The number of hydrogen-bond acceptors (Lipinski definition) is 4. The molecule has 0 spiro atoms. The topological polar surface area (TPSA) is 67.6 Å². The van der Waals surface area contributed by atoms with Gasteiger partial charge in [-0.05, 0) is 6.92 Å². The van der Waals surface area contributed by atoms with Crippen molar-refractivity contribution in [2.45, 2.75) is 19.0 Å². The van der Waals surface area contributed by atoms with Crippen LogP contribution in [-0.2, 0) is 9.53 Å². The summed E-state index contributed by atoms with van der Waals surface area (Å²) in [6.07, 6.45) is 0. The predicted octanol–water partition coefficient (Wildman–Crippen LogP) is -0.892. The van der Waals surface area contributed by atoms with Crippen molar-refractivity contribution in [3.63, 3.8) is 0 Å². The number of rotatable bonds is 3. The smallest absolute Gasteiger partial charge is 0.239 e. The normalized spacial score (nSPS) is 24.5. The van der Waals surface area contributed by atoms with Crippen molar-refractivity contribution in [1.29, 1.82) is 0 Å². The Morgan fingerprint density at radius 1 is 1.73 bits per heavy atom. The molecule has 0 aromatic heterocycles. The van der Waals surface area contributed by atoms with Gasteiger partial charge in [0, 0.05) is 13.6 Å². The number of amides is 1. The molecule has 0 bridgehead atoms. The van der Waals surface area contributed by atoms with E-state index in [-0.39, 0.29) is 18.0 Å². The minimum atomic E-state index is -0.291. The van der Waals surface area contributed by atoms with Gasteiger partial charge in [-0.3, -0.25) is 9.69 Å². The van der Waals surface area contributed by atoms with Crippen molar-refractivity contribution in [1.82, 2.24) is 10.2 Å². The number of thiocarbonyl (C=S) groups is 1. The number of carbonyl (C=O) groups is 1. The molecule has 5 nitrogen and oxygen atoms in total. The average Bonchev–Trinajstić information content (AvgIpc) is 2.27. The van der Waals surface area contributed by atoms with Crippen molar-refractivity contribution in [2.75, 3.05) is 26.8 Å². The number of likely N-dealkylation sites (N-methyl/N-ethyl adjacent to an activating group) is 1. The fourth-order valence-corrected chi connectivity index (χ4v) is 1.77. The molecular formula is C9H17N3O2S. The third-order valence-corrected chi connectivity index (χ3v) is 2.97. The van der Waals surface area contributed by atoms with Crippen molar-refractivity contribution in [2.24, 2.45) is 5.73 Å². The summed E-state index contributed by atoms with van der Waals surface area (Å²) in [6, 6.07) is -0.369. The molecule has 1 rings (SSSR count). The van der Waals surface area contributed by atoms with Crippen molar-refractivity contribution in [3.8, 4) is 0 Å². The van der Waals surface area contributed by atoms with Crippen LogP contribution in [0.3, 0.4) is 0 Å². The van der Waals surface area contributed by atoms with Crippen LogP contribution in [-0.4, -0.2) is 54.7 Å². The minimum Gasteiger partial charge on any atom is -0.392 e. The Kier molecular flexibility index (Phi) is 4.44. The van der Waals surface area contributed by atoms with Gasteiger partial charge in [0.15, 0.2) is 0 Å². The maximum atomic E-state index is 11.6. The summed E-state index contributed by atoms with van der Waals surface area (Å²) in [5.74, 6) is -0.0576. The molecule has 2 unspecified atom stereocenters. The van der Waals surface area contributed by atoms with Crippen molar-refractivity contribution < 1.29 is 9.53 Å². The fourth-order valence-electron chi connectivity index (χ4n) is 1.64. The third-order valence-electron chi connectivity index (χ3n) is 2.63. The standard InChI is InChI=1S/C9H17N3O2S/c1-6(8(10)15)12-3-4-14-5-7(12)9(13)11-2/h6-7H,3-5H2,1-2H3,(H2,10,15)(H,11,13). The largest absolute Gasteiger partial charge is 0.392 e. The third kappa shape index (κ3) is 2.87. The first-order valence-electron chi connectivity index (χ1n) is 4.92. The quantitative estimate of drug-likeness (QED) is 0.617. The number of hydrogen-bond donors (Lipinski definition) is 2. The van der Waals surface area contributed by atoms with Crippen LogP contribution in [0.1, 0.15) is 6.92 Å². The Morgan fingerprint density at radius 3 is 2.93 bits per heavy atom. The highest BCUT2D eigenvalue weighted by Crippen LogP contribution is 2.11. The van der Waals surface area contributed by atoms with Crippen molar-refractivity contribution >= 4 is 23.1 Å². The van der Waals surface area contributed by atoms with Crippen LogP contribution in [0.5, 0.6) is 0 Å². The van der Waals surface area contributed by atoms with Crippen LogP contribution >= 0.6 is 12.2 Å². The van der Waals surface area contributed by atoms with E-state index in [2.05, 4.69) is 5.32 Å². The lowest BCUT2D eigenvalue weighted by molar-refractivity contribution is -0.132. The Bertz CT molecular complexity index is 260. The Hall–Kier alpha value is -0.720. The summed E-state index contributed by atoms with van der Waals surface area (Å²) < 4.78 is 5.28. The van der Waals surface area contributed by atoms with E-state index in [1.54, 1.807) is 7.05 Å². The van der Waals surface area contributed by atoms with E-state index in [0.29, 0.717) is 24.7 Å². The molecule has 86 valence electrons. The molecule has 0 aromatic carbocycles. The number of nitrogens with two attached hydrogens (primary N) is 1. The van der Waals surface area contributed by atoms with Crippen LogP contribution in [0.2, 0.25) is 0 Å². The molecule has 15 heavy (non-hydrogen) atoms. The minimum absolute atomic E-state index is 0.0576. The van der Waals surface area contributed by atoms with E-state index in [1.807, 2.05) is 11.8 Å². The highest BCUT2D eigenvalue weighted by atomic mass is 32.1. The zero-order chi connectivity index (χ0) is 11.4. The summed E-state index contributed by atoms with van der Waals surface area (Å²) in [5.41, 5.74) is 5.59. The van der Waals surface area contributed by atoms with Crippen LogP contribution in [0.15, 0.2) is 0 Å². The molecule has 6 heteroatoms. The van der Waals surface area contributed by atoms with Gasteiger partial charge in [-0.2, -0.15) is 0 Å². The summed E-state index contributed by atoms with van der Waals surface area (Å²) in [7, 11) is 1.61. The number of carbonyl (C=O) groups excluding carboxylic acids is 1. The first-order chi connectivity index (χ1) is 7.07. The monoisotopic (exact) mass is 231 g/mol. The lowest BCUT2D eigenvalue weighted by Crippen LogP contribution is -2.58. The average molecular weight is 231 g/mol. The van der Waals surface area contributed by atoms with Crippen molar-refractivity contribution in [3.05, 3.63) is 0 Å². The van der Waals surface area contributed by atoms with Crippen LogP contribution in [0, 0.1) is 0 Å². The molecule has 0 radical (unpaired) electrons. The molecule has 3 N–H and O–H groups in total. The van der Waals surface area contributed by atoms with Gasteiger partial charge in [0.1, 0.15) is 6.04 Å². The van der Waals surface area contributed by atoms with Gasteiger partial charge in [0.2, 0.25) is 5.91 Å². The molecule has 1 saturated heterocycles. The highest BCUT2D eigenvalue weighted by Gasteiger charge is 2.32. The number of nitrogens with one attached hydrogen (secondary N) is 1. The summed E-state index contributed by atoms with van der Waals surface area (Å²) in [5, 5.41) is 2.61. The maximum Gasteiger partial charge on any atom is 0.239 e. The molecule has 0 aromatic rings. The molecule has 1 heterocycles. The van der Waals surface area contributed by atoms with Gasteiger partial charge >= 0.3 is 0 Å². The summed E-state index contributed by atoms with van der Waals surface area (Å²) in [4.78, 5) is 14.0. The molecule has 1 aliphatic heterocycles. The highest BCUT2D eigenvalue weighted by molar-refractivity contribution is 7.80. The Labute approximate surface area is 94.9 Å².